The lowest BCUT2D eigenvalue weighted by atomic mass is 9.98. The molecular weight excluding hydrogens is 420 g/mol. The maximum Gasteiger partial charge on any atom is 0.407 e. The van der Waals surface area contributed by atoms with Crippen LogP contribution in [-0.4, -0.2) is 53.7 Å². The van der Waals surface area contributed by atoms with Crippen molar-refractivity contribution < 1.29 is 24.2 Å². The fourth-order valence-corrected chi connectivity index (χ4v) is 4.89. The molecule has 1 fully saturated rings. The number of carbonyl (C=O) groups is 3. The van der Waals surface area contributed by atoms with Crippen LogP contribution in [0.15, 0.2) is 48.5 Å². The summed E-state index contributed by atoms with van der Waals surface area (Å²) < 4.78 is 5.56. The molecular formula is C26H30N2O5. The number of aliphatic carboxylic acids is 1. The fraction of sp³-hybridized carbons (Fsp3) is 0.423. The van der Waals surface area contributed by atoms with Gasteiger partial charge in [0.25, 0.3) is 0 Å². The standard InChI is InChI=1S/C26H30N2O5/c1-2-17-13-14-28(15-17)25(31)23(11-12-24(29)30)27-26(32)33-16-22-20-9-5-3-7-18(20)19-8-4-6-10-21(19)22/h3-10,17,22-23H,2,11-16H2,1H3,(H,27,32)(H,29,30). The van der Waals surface area contributed by atoms with Crippen molar-refractivity contribution >= 4 is 18.0 Å². The second-order valence-electron chi connectivity index (χ2n) is 8.80. The predicted molar refractivity (Wildman–Crippen MR) is 124 cm³/mol. The second kappa shape index (κ2) is 10.1. The molecule has 2 atom stereocenters. The molecule has 1 aliphatic heterocycles. The maximum atomic E-state index is 13.0. The van der Waals surface area contributed by atoms with Crippen LogP contribution in [0.5, 0.6) is 0 Å². The van der Waals surface area contributed by atoms with Crippen molar-refractivity contribution in [3.8, 4) is 11.1 Å². The molecule has 2 unspecified atom stereocenters. The minimum Gasteiger partial charge on any atom is -0.481 e. The summed E-state index contributed by atoms with van der Waals surface area (Å²) in [7, 11) is 0. The van der Waals surface area contributed by atoms with Crippen LogP contribution in [0.4, 0.5) is 4.79 Å². The molecule has 7 heteroatoms. The molecule has 1 aliphatic carbocycles. The lowest BCUT2D eigenvalue weighted by molar-refractivity contribution is -0.137. The molecule has 0 radical (unpaired) electrons. The number of nitrogens with zero attached hydrogens (tertiary/aromatic N) is 1. The third-order valence-corrected chi connectivity index (χ3v) is 6.76. The molecule has 0 saturated carbocycles. The van der Waals surface area contributed by atoms with Crippen LogP contribution in [0.3, 0.4) is 0 Å². The van der Waals surface area contributed by atoms with Gasteiger partial charge < -0.3 is 20.1 Å². The summed E-state index contributed by atoms with van der Waals surface area (Å²) in [6, 6.07) is 15.2. The van der Waals surface area contributed by atoms with E-state index in [1.54, 1.807) is 4.90 Å². The van der Waals surface area contributed by atoms with Gasteiger partial charge in [0.05, 0.1) is 0 Å². The highest BCUT2D eigenvalue weighted by molar-refractivity contribution is 5.86. The number of rotatable bonds is 8. The predicted octanol–water partition coefficient (Wildman–Crippen LogP) is 4.02. The van der Waals surface area contributed by atoms with E-state index in [9.17, 15) is 14.4 Å². The summed E-state index contributed by atoms with van der Waals surface area (Å²) in [5, 5.41) is 11.7. The molecule has 33 heavy (non-hydrogen) atoms. The van der Waals surface area contributed by atoms with Crippen molar-refractivity contribution in [1.29, 1.82) is 0 Å². The van der Waals surface area contributed by atoms with E-state index in [1.807, 2.05) is 36.4 Å². The molecule has 1 saturated heterocycles. The first-order valence-electron chi connectivity index (χ1n) is 11.6. The number of ether oxygens (including phenoxy) is 1. The van der Waals surface area contributed by atoms with Gasteiger partial charge in [-0.3, -0.25) is 9.59 Å². The summed E-state index contributed by atoms with van der Waals surface area (Å²) >= 11 is 0. The Morgan fingerprint density at radius 2 is 1.73 bits per heavy atom. The molecule has 2 aromatic carbocycles. The molecule has 1 heterocycles. The van der Waals surface area contributed by atoms with Gasteiger partial charge in [-0.15, -0.1) is 0 Å². The maximum absolute atomic E-state index is 13.0. The first-order chi connectivity index (χ1) is 16.0. The second-order valence-corrected chi connectivity index (χ2v) is 8.80. The lowest BCUT2D eigenvalue weighted by Gasteiger charge is -2.24. The van der Waals surface area contributed by atoms with Crippen molar-refractivity contribution in [2.75, 3.05) is 19.7 Å². The van der Waals surface area contributed by atoms with Gasteiger partial charge in [0.15, 0.2) is 0 Å². The van der Waals surface area contributed by atoms with Crippen LogP contribution in [0.1, 0.15) is 49.7 Å². The van der Waals surface area contributed by atoms with Gasteiger partial charge >= 0.3 is 12.1 Å². The number of alkyl carbamates (subject to hydrolysis) is 1. The largest absolute Gasteiger partial charge is 0.481 e. The average Bonchev–Trinajstić information content (AvgIpc) is 3.43. The molecule has 7 nitrogen and oxygen atoms in total. The van der Waals surface area contributed by atoms with Crippen LogP contribution in [0.25, 0.3) is 11.1 Å². The van der Waals surface area contributed by atoms with E-state index in [0.717, 1.165) is 35.1 Å². The summed E-state index contributed by atoms with van der Waals surface area (Å²) in [6.45, 7) is 3.51. The van der Waals surface area contributed by atoms with Crippen molar-refractivity contribution in [2.24, 2.45) is 5.92 Å². The summed E-state index contributed by atoms with van der Waals surface area (Å²) in [5.74, 6) is -0.876. The number of fused-ring (bicyclic) bond motifs is 3. The summed E-state index contributed by atoms with van der Waals surface area (Å²) in [6.07, 6.45) is 1.05. The zero-order valence-corrected chi connectivity index (χ0v) is 18.8. The number of amides is 2. The normalized spacial score (nSPS) is 17.8. The van der Waals surface area contributed by atoms with E-state index < -0.39 is 18.1 Å². The van der Waals surface area contributed by atoms with E-state index in [2.05, 4.69) is 24.4 Å². The molecule has 174 valence electrons. The number of carbonyl (C=O) groups excluding carboxylic acids is 2. The number of carboxylic acid groups (broad SMARTS) is 1. The number of hydrogen-bond donors (Lipinski definition) is 2. The molecule has 2 N–H and O–H groups in total. The van der Waals surface area contributed by atoms with E-state index in [4.69, 9.17) is 9.84 Å². The Kier molecular flexibility index (Phi) is 6.96. The minimum absolute atomic E-state index is 0.0334. The Bertz CT molecular complexity index is 991. The molecule has 0 spiro atoms. The van der Waals surface area contributed by atoms with Crippen molar-refractivity contribution in [1.82, 2.24) is 10.2 Å². The number of likely N-dealkylation sites (tertiary alicyclic amines) is 1. The quantitative estimate of drug-likeness (QED) is 0.633. The van der Waals surface area contributed by atoms with Gasteiger partial charge in [-0.1, -0.05) is 61.9 Å². The highest BCUT2D eigenvalue weighted by Gasteiger charge is 2.33. The SMILES string of the molecule is CCC1CCN(C(=O)C(CCC(=O)O)NC(=O)OCC2c3ccccc3-c3ccccc32)C1. The zero-order valence-electron chi connectivity index (χ0n) is 18.8. The highest BCUT2D eigenvalue weighted by Crippen LogP contribution is 2.44. The average molecular weight is 451 g/mol. The number of carboxylic acids is 1. The molecule has 0 bridgehead atoms. The molecule has 2 amide bonds. The lowest BCUT2D eigenvalue weighted by Crippen LogP contribution is -2.48. The highest BCUT2D eigenvalue weighted by atomic mass is 16.5. The van der Waals surface area contributed by atoms with Gasteiger partial charge in [-0.05, 0) is 41.0 Å². The third-order valence-electron chi connectivity index (χ3n) is 6.76. The smallest absolute Gasteiger partial charge is 0.407 e. The molecule has 0 aromatic heterocycles. The van der Waals surface area contributed by atoms with E-state index >= 15 is 0 Å². The van der Waals surface area contributed by atoms with Gasteiger partial charge in [0.2, 0.25) is 5.91 Å². The Morgan fingerprint density at radius 3 is 2.30 bits per heavy atom. The van der Waals surface area contributed by atoms with E-state index in [-0.39, 0.29) is 31.3 Å². The van der Waals surface area contributed by atoms with Crippen molar-refractivity contribution in [3.63, 3.8) is 0 Å². The molecule has 2 aliphatic rings. The molecule has 4 rings (SSSR count). The Morgan fingerprint density at radius 1 is 1.09 bits per heavy atom. The van der Waals surface area contributed by atoms with Crippen LogP contribution in [0, 0.1) is 5.92 Å². The zero-order chi connectivity index (χ0) is 23.4. The van der Waals surface area contributed by atoms with Crippen LogP contribution in [0.2, 0.25) is 0 Å². The number of benzene rings is 2. The van der Waals surface area contributed by atoms with Crippen molar-refractivity contribution in [3.05, 3.63) is 59.7 Å². The van der Waals surface area contributed by atoms with Gasteiger partial charge in [0, 0.05) is 25.4 Å². The van der Waals surface area contributed by atoms with Gasteiger partial charge in [0.1, 0.15) is 12.6 Å². The molecule has 2 aromatic rings. The van der Waals surface area contributed by atoms with Crippen LogP contribution < -0.4 is 5.32 Å². The Balaban J connectivity index is 1.41. The van der Waals surface area contributed by atoms with E-state index in [0.29, 0.717) is 19.0 Å². The van der Waals surface area contributed by atoms with Crippen LogP contribution >= 0.6 is 0 Å². The number of nitrogens with one attached hydrogen (secondary N) is 1. The number of hydrogen-bond acceptors (Lipinski definition) is 4. The monoisotopic (exact) mass is 450 g/mol. The van der Waals surface area contributed by atoms with E-state index in [1.165, 1.54) is 0 Å². The first-order valence-corrected chi connectivity index (χ1v) is 11.6. The van der Waals surface area contributed by atoms with Gasteiger partial charge in [-0.2, -0.15) is 0 Å². The fourth-order valence-electron chi connectivity index (χ4n) is 4.89. The van der Waals surface area contributed by atoms with Crippen LogP contribution in [-0.2, 0) is 14.3 Å². The van der Waals surface area contributed by atoms with Crippen molar-refractivity contribution in [2.45, 2.75) is 44.6 Å². The third kappa shape index (κ3) is 5.02. The Labute approximate surface area is 193 Å². The Hall–Kier alpha value is -3.35. The first kappa shape index (κ1) is 22.8. The minimum atomic E-state index is -1.00. The topological polar surface area (TPSA) is 95.9 Å². The van der Waals surface area contributed by atoms with Gasteiger partial charge in [-0.25, -0.2) is 4.79 Å². The summed E-state index contributed by atoms with van der Waals surface area (Å²) in [4.78, 5) is 38.5. The summed E-state index contributed by atoms with van der Waals surface area (Å²) in [5.41, 5.74) is 4.48.